The molecule has 0 aliphatic heterocycles. The van der Waals surface area contributed by atoms with Crippen LogP contribution in [-0.4, -0.2) is 5.71 Å². The standard InChI is InChI=1S/C16H21N/c1-7-11-12-16(13(5)8-2)15(9-3)14(6)17-10-4/h7-8,10-12H,1-2,4-5,9H2,3,6H3/b12-11-,16-15-,17-14?. The molecule has 0 aromatic carbocycles. The summed E-state index contributed by atoms with van der Waals surface area (Å²) in [4.78, 5) is 4.23. The summed E-state index contributed by atoms with van der Waals surface area (Å²) in [6.45, 7) is 19.1. The van der Waals surface area contributed by atoms with Crippen LogP contribution in [0.1, 0.15) is 20.3 Å². The molecule has 1 heteroatoms. The van der Waals surface area contributed by atoms with Crippen LogP contribution in [0.15, 0.2) is 78.5 Å². The lowest BCUT2D eigenvalue weighted by Gasteiger charge is -2.11. The van der Waals surface area contributed by atoms with Gasteiger partial charge < -0.3 is 0 Å². The lowest BCUT2D eigenvalue weighted by atomic mass is 9.95. The average molecular weight is 227 g/mol. The molecule has 0 amide bonds. The minimum Gasteiger partial charge on any atom is -0.262 e. The Balaban J connectivity index is 5.74. The van der Waals surface area contributed by atoms with Gasteiger partial charge in [-0.1, -0.05) is 57.5 Å². The predicted octanol–water partition coefficient (Wildman–Crippen LogP) is 4.78. The van der Waals surface area contributed by atoms with Gasteiger partial charge in [0, 0.05) is 11.9 Å². The van der Waals surface area contributed by atoms with E-state index in [4.69, 9.17) is 0 Å². The first kappa shape index (κ1) is 15.1. The van der Waals surface area contributed by atoms with Crippen LogP contribution in [0.25, 0.3) is 0 Å². The molecule has 0 saturated carbocycles. The molecular formula is C16H21N. The van der Waals surface area contributed by atoms with E-state index in [1.165, 1.54) is 0 Å². The maximum Gasteiger partial charge on any atom is 0.0410 e. The molecule has 0 bridgehead atoms. The Kier molecular flexibility index (Phi) is 7.36. The molecule has 0 rings (SSSR count). The molecular weight excluding hydrogens is 206 g/mol. The molecule has 17 heavy (non-hydrogen) atoms. The summed E-state index contributed by atoms with van der Waals surface area (Å²) in [6.07, 6.45) is 9.80. The minimum atomic E-state index is 0.882. The first-order chi connectivity index (χ1) is 8.12. The highest BCUT2D eigenvalue weighted by molar-refractivity contribution is 6.00. The first-order valence-electron chi connectivity index (χ1n) is 5.61. The number of hydrogen-bond donors (Lipinski definition) is 0. The quantitative estimate of drug-likeness (QED) is 0.438. The molecule has 0 aromatic rings. The van der Waals surface area contributed by atoms with Gasteiger partial charge in [-0.3, -0.25) is 4.99 Å². The van der Waals surface area contributed by atoms with Crippen molar-refractivity contribution in [2.75, 3.05) is 0 Å². The van der Waals surface area contributed by atoms with E-state index in [9.17, 15) is 0 Å². The smallest absolute Gasteiger partial charge is 0.0410 e. The van der Waals surface area contributed by atoms with E-state index in [-0.39, 0.29) is 0 Å². The molecule has 0 aliphatic rings. The summed E-state index contributed by atoms with van der Waals surface area (Å²) >= 11 is 0. The fourth-order valence-electron chi connectivity index (χ4n) is 1.53. The van der Waals surface area contributed by atoms with Crippen molar-refractivity contribution in [3.63, 3.8) is 0 Å². The van der Waals surface area contributed by atoms with Gasteiger partial charge in [0.05, 0.1) is 0 Å². The van der Waals surface area contributed by atoms with E-state index in [0.717, 1.165) is 28.9 Å². The van der Waals surface area contributed by atoms with Crippen molar-refractivity contribution in [2.45, 2.75) is 20.3 Å². The largest absolute Gasteiger partial charge is 0.262 e. The Labute approximate surface area is 105 Å². The molecule has 0 aromatic heterocycles. The van der Waals surface area contributed by atoms with Crippen LogP contribution in [0, 0.1) is 0 Å². The molecule has 0 fully saturated rings. The number of hydrogen-bond acceptors (Lipinski definition) is 1. The van der Waals surface area contributed by atoms with Crippen LogP contribution < -0.4 is 0 Å². The van der Waals surface area contributed by atoms with E-state index in [1.54, 1.807) is 18.4 Å². The lowest BCUT2D eigenvalue weighted by Crippen LogP contribution is -2.01. The highest BCUT2D eigenvalue weighted by Crippen LogP contribution is 2.20. The van der Waals surface area contributed by atoms with Gasteiger partial charge in [0.2, 0.25) is 0 Å². The maximum atomic E-state index is 4.23. The van der Waals surface area contributed by atoms with Gasteiger partial charge in [-0.25, -0.2) is 0 Å². The Morgan fingerprint density at radius 2 is 1.88 bits per heavy atom. The van der Waals surface area contributed by atoms with Crippen molar-refractivity contribution in [3.8, 4) is 0 Å². The molecule has 0 spiro atoms. The monoisotopic (exact) mass is 227 g/mol. The zero-order valence-electron chi connectivity index (χ0n) is 10.9. The van der Waals surface area contributed by atoms with Crippen molar-refractivity contribution in [1.82, 2.24) is 0 Å². The van der Waals surface area contributed by atoms with E-state index in [2.05, 4.69) is 38.2 Å². The SMILES string of the molecule is C=C/C=C\C(C(=C)C=C)=C(/CC)C(C)=NC=C. The van der Waals surface area contributed by atoms with Gasteiger partial charge in [0.25, 0.3) is 0 Å². The second-order valence-corrected chi connectivity index (χ2v) is 3.47. The summed E-state index contributed by atoms with van der Waals surface area (Å²) in [5.41, 5.74) is 4.03. The molecule has 0 unspecified atom stereocenters. The van der Waals surface area contributed by atoms with Crippen LogP contribution in [0.2, 0.25) is 0 Å². The fourth-order valence-corrected chi connectivity index (χ4v) is 1.53. The van der Waals surface area contributed by atoms with Crippen molar-refractivity contribution in [1.29, 1.82) is 0 Å². The molecule has 0 atom stereocenters. The van der Waals surface area contributed by atoms with Crippen LogP contribution in [0.4, 0.5) is 0 Å². The van der Waals surface area contributed by atoms with Gasteiger partial charge in [0.1, 0.15) is 0 Å². The summed E-state index contributed by atoms with van der Waals surface area (Å²) in [5.74, 6) is 0. The van der Waals surface area contributed by atoms with Crippen molar-refractivity contribution >= 4 is 5.71 Å². The molecule has 0 radical (unpaired) electrons. The second kappa shape index (κ2) is 8.28. The molecule has 1 nitrogen and oxygen atoms in total. The second-order valence-electron chi connectivity index (χ2n) is 3.47. The Morgan fingerprint density at radius 1 is 1.24 bits per heavy atom. The molecule has 0 aliphatic carbocycles. The number of aliphatic imine (C=N–C) groups is 1. The van der Waals surface area contributed by atoms with Crippen LogP contribution in [0.5, 0.6) is 0 Å². The Morgan fingerprint density at radius 3 is 2.29 bits per heavy atom. The molecule has 0 saturated heterocycles. The number of allylic oxidation sites excluding steroid dienone is 7. The lowest BCUT2D eigenvalue weighted by molar-refractivity contribution is 1.14. The number of rotatable bonds is 7. The summed E-state index contributed by atoms with van der Waals surface area (Å²) in [6, 6.07) is 0. The van der Waals surface area contributed by atoms with Crippen molar-refractivity contribution in [2.24, 2.45) is 4.99 Å². The highest BCUT2D eigenvalue weighted by Gasteiger charge is 2.07. The van der Waals surface area contributed by atoms with E-state index in [0.29, 0.717) is 0 Å². The van der Waals surface area contributed by atoms with Gasteiger partial charge in [-0.15, -0.1) is 0 Å². The average Bonchev–Trinajstić information content (AvgIpc) is 2.33. The minimum absolute atomic E-state index is 0.882. The van der Waals surface area contributed by atoms with E-state index in [1.807, 2.05) is 19.1 Å². The van der Waals surface area contributed by atoms with Crippen LogP contribution in [-0.2, 0) is 0 Å². The van der Waals surface area contributed by atoms with Crippen molar-refractivity contribution < 1.29 is 0 Å². The normalized spacial score (nSPS) is 13.2. The third-order valence-electron chi connectivity index (χ3n) is 2.39. The summed E-state index contributed by atoms with van der Waals surface area (Å²) in [5, 5.41) is 0. The predicted molar refractivity (Wildman–Crippen MR) is 79.3 cm³/mol. The highest BCUT2D eigenvalue weighted by atomic mass is 14.7. The zero-order chi connectivity index (χ0) is 13.3. The van der Waals surface area contributed by atoms with E-state index < -0.39 is 0 Å². The third-order valence-corrected chi connectivity index (χ3v) is 2.39. The van der Waals surface area contributed by atoms with Gasteiger partial charge >= 0.3 is 0 Å². The van der Waals surface area contributed by atoms with Gasteiger partial charge in [0.15, 0.2) is 0 Å². The fraction of sp³-hybridized carbons (Fsp3) is 0.188. The first-order valence-corrected chi connectivity index (χ1v) is 5.61. The topological polar surface area (TPSA) is 12.4 Å². The Hall–Kier alpha value is -1.89. The maximum absolute atomic E-state index is 4.23. The van der Waals surface area contributed by atoms with E-state index >= 15 is 0 Å². The number of nitrogens with zero attached hydrogens (tertiary/aromatic N) is 1. The van der Waals surface area contributed by atoms with Crippen molar-refractivity contribution in [3.05, 3.63) is 73.5 Å². The molecule has 0 N–H and O–H groups in total. The Bertz CT molecular complexity index is 403. The van der Waals surface area contributed by atoms with Gasteiger partial charge in [-0.2, -0.15) is 0 Å². The van der Waals surface area contributed by atoms with Crippen LogP contribution >= 0.6 is 0 Å². The van der Waals surface area contributed by atoms with Crippen LogP contribution in [0.3, 0.4) is 0 Å². The summed E-state index contributed by atoms with van der Waals surface area (Å²) < 4.78 is 0. The van der Waals surface area contributed by atoms with Gasteiger partial charge in [-0.05, 0) is 30.1 Å². The molecule has 90 valence electrons. The summed E-state index contributed by atoms with van der Waals surface area (Å²) in [7, 11) is 0. The molecule has 0 heterocycles. The third kappa shape index (κ3) is 4.64. The zero-order valence-corrected chi connectivity index (χ0v) is 10.9.